The molecule has 1 aromatic rings. The van der Waals surface area contributed by atoms with Gasteiger partial charge in [-0.1, -0.05) is 6.07 Å². The molecule has 2 unspecified atom stereocenters. The fraction of sp³-hybridized carbons (Fsp3) is 0.667. The van der Waals surface area contributed by atoms with Gasteiger partial charge in [-0.3, -0.25) is 9.69 Å². The van der Waals surface area contributed by atoms with Gasteiger partial charge in [0.2, 0.25) is 0 Å². The average Bonchev–Trinajstić information content (AvgIpc) is 2.88. The van der Waals surface area contributed by atoms with Crippen LogP contribution in [0.5, 0.6) is 5.75 Å². The van der Waals surface area contributed by atoms with Gasteiger partial charge in [-0.2, -0.15) is 0 Å². The lowest BCUT2D eigenvalue weighted by atomic mass is 10.0. The van der Waals surface area contributed by atoms with Gasteiger partial charge in [0.1, 0.15) is 5.75 Å². The van der Waals surface area contributed by atoms with E-state index in [0.717, 1.165) is 58.0 Å². The molecule has 0 radical (unpaired) electrons. The molecule has 2 aliphatic heterocycles. The summed E-state index contributed by atoms with van der Waals surface area (Å²) in [5.74, 6) is 0.819. The average molecular weight is 376 g/mol. The van der Waals surface area contributed by atoms with Crippen LogP contribution in [0.15, 0.2) is 24.3 Å². The molecule has 0 aliphatic carbocycles. The van der Waals surface area contributed by atoms with E-state index in [1.165, 1.54) is 0 Å². The SMILES string of the molecule is COCCN1CCOC2CCN(C(=O)c3cccc(OC(C)C)c3)CCC21. The minimum absolute atomic E-state index is 0.0753. The summed E-state index contributed by atoms with van der Waals surface area (Å²) in [5.41, 5.74) is 0.690. The van der Waals surface area contributed by atoms with E-state index in [9.17, 15) is 4.79 Å². The number of nitrogens with zero attached hydrogens (tertiary/aromatic N) is 2. The van der Waals surface area contributed by atoms with E-state index in [4.69, 9.17) is 14.2 Å². The number of rotatable bonds is 6. The van der Waals surface area contributed by atoms with E-state index >= 15 is 0 Å². The smallest absolute Gasteiger partial charge is 0.253 e. The Hall–Kier alpha value is -1.63. The molecule has 6 nitrogen and oxygen atoms in total. The number of hydrogen-bond acceptors (Lipinski definition) is 5. The van der Waals surface area contributed by atoms with Crippen LogP contribution in [0.25, 0.3) is 0 Å². The Morgan fingerprint density at radius 1 is 1.26 bits per heavy atom. The third-order valence-corrected chi connectivity index (χ3v) is 5.31. The van der Waals surface area contributed by atoms with Crippen molar-refractivity contribution in [2.75, 3.05) is 46.5 Å². The summed E-state index contributed by atoms with van der Waals surface area (Å²) in [6.45, 7) is 8.80. The second kappa shape index (κ2) is 9.53. The largest absolute Gasteiger partial charge is 0.491 e. The number of carbonyl (C=O) groups excluding carboxylic acids is 1. The first-order valence-corrected chi connectivity index (χ1v) is 9.99. The van der Waals surface area contributed by atoms with Crippen molar-refractivity contribution in [3.8, 4) is 5.75 Å². The summed E-state index contributed by atoms with van der Waals surface area (Å²) in [6, 6.07) is 7.87. The number of likely N-dealkylation sites (tertiary alicyclic amines) is 1. The van der Waals surface area contributed by atoms with Crippen LogP contribution in [0.2, 0.25) is 0 Å². The van der Waals surface area contributed by atoms with Crippen molar-refractivity contribution in [3.63, 3.8) is 0 Å². The molecule has 150 valence electrons. The Morgan fingerprint density at radius 2 is 2.07 bits per heavy atom. The van der Waals surface area contributed by atoms with Crippen molar-refractivity contribution in [1.29, 1.82) is 0 Å². The summed E-state index contributed by atoms with van der Waals surface area (Å²) < 4.78 is 17.0. The molecule has 1 aromatic carbocycles. The van der Waals surface area contributed by atoms with Gasteiger partial charge in [0.25, 0.3) is 5.91 Å². The van der Waals surface area contributed by atoms with Gasteiger partial charge in [-0.15, -0.1) is 0 Å². The van der Waals surface area contributed by atoms with E-state index in [1.807, 2.05) is 43.0 Å². The molecular formula is C21H32N2O4. The minimum Gasteiger partial charge on any atom is -0.491 e. The number of ether oxygens (including phenoxy) is 3. The molecule has 2 saturated heterocycles. The third-order valence-electron chi connectivity index (χ3n) is 5.31. The van der Waals surface area contributed by atoms with Crippen LogP contribution < -0.4 is 4.74 Å². The third kappa shape index (κ3) is 5.21. The molecule has 27 heavy (non-hydrogen) atoms. The molecular weight excluding hydrogens is 344 g/mol. The fourth-order valence-electron chi connectivity index (χ4n) is 4.01. The quantitative estimate of drug-likeness (QED) is 0.763. The van der Waals surface area contributed by atoms with Gasteiger partial charge in [-0.05, 0) is 44.9 Å². The maximum atomic E-state index is 13.0. The van der Waals surface area contributed by atoms with Gasteiger partial charge >= 0.3 is 0 Å². The Kier molecular flexibility index (Phi) is 7.10. The van der Waals surface area contributed by atoms with E-state index in [-0.39, 0.29) is 18.1 Å². The first kappa shape index (κ1) is 20.1. The molecule has 0 spiro atoms. The van der Waals surface area contributed by atoms with Crippen LogP contribution in [0.3, 0.4) is 0 Å². The lowest BCUT2D eigenvalue weighted by Crippen LogP contribution is -2.52. The van der Waals surface area contributed by atoms with Crippen molar-refractivity contribution < 1.29 is 19.0 Å². The Bertz CT molecular complexity index is 622. The highest BCUT2D eigenvalue weighted by molar-refractivity contribution is 5.94. The van der Waals surface area contributed by atoms with Crippen LogP contribution in [0.4, 0.5) is 0 Å². The van der Waals surface area contributed by atoms with Crippen molar-refractivity contribution in [2.45, 2.75) is 44.9 Å². The summed E-state index contributed by atoms with van der Waals surface area (Å²) in [6.07, 6.45) is 2.10. The topological polar surface area (TPSA) is 51.2 Å². The molecule has 2 aliphatic rings. The minimum atomic E-state index is 0.0753. The normalized spacial score (nSPS) is 23.8. The zero-order valence-electron chi connectivity index (χ0n) is 16.7. The Morgan fingerprint density at radius 3 is 2.85 bits per heavy atom. The van der Waals surface area contributed by atoms with Crippen molar-refractivity contribution in [3.05, 3.63) is 29.8 Å². The number of amides is 1. The first-order chi connectivity index (χ1) is 13.1. The number of carbonyl (C=O) groups is 1. The van der Waals surface area contributed by atoms with Crippen LogP contribution in [-0.4, -0.2) is 80.5 Å². The van der Waals surface area contributed by atoms with Crippen molar-refractivity contribution in [1.82, 2.24) is 9.80 Å². The van der Waals surface area contributed by atoms with Gasteiger partial charge < -0.3 is 19.1 Å². The van der Waals surface area contributed by atoms with E-state index in [1.54, 1.807) is 7.11 Å². The summed E-state index contributed by atoms with van der Waals surface area (Å²) in [5, 5.41) is 0. The molecule has 0 bridgehead atoms. The maximum absolute atomic E-state index is 13.0. The van der Waals surface area contributed by atoms with Gasteiger partial charge in [0.15, 0.2) is 0 Å². The molecule has 1 amide bonds. The molecule has 2 heterocycles. The first-order valence-electron chi connectivity index (χ1n) is 9.99. The highest BCUT2D eigenvalue weighted by Gasteiger charge is 2.35. The zero-order chi connectivity index (χ0) is 19.2. The van der Waals surface area contributed by atoms with Gasteiger partial charge in [0, 0.05) is 44.9 Å². The monoisotopic (exact) mass is 376 g/mol. The molecule has 2 atom stereocenters. The highest BCUT2D eigenvalue weighted by atomic mass is 16.5. The van der Waals surface area contributed by atoms with Crippen LogP contribution in [0, 0.1) is 0 Å². The highest BCUT2D eigenvalue weighted by Crippen LogP contribution is 2.25. The Balaban J connectivity index is 1.66. The zero-order valence-corrected chi connectivity index (χ0v) is 16.7. The summed E-state index contributed by atoms with van der Waals surface area (Å²) >= 11 is 0. The number of morpholine rings is 1. The predicted molar refractivity (Wildman–Crippen MR) is 104 cm³/mol. The summed E-state index contributed by atoms with van der Waals surface area (Å²) in [7, 11) is 1.74. The molecule has 0 aromatic heterocycles. The summed E-state index contributed by atoms with van der Waals surface area (Å²) in [4.78, 5) is 17.5. The molecule has 0 saturated carbocycles. The number of benzene rings is 1. The molecule has 3 rings (SSSR count). The number of methoxy groups -OCH3 is 1. The number of fused-ring (bicyclic) bond motifs is 1. The van der Waals surface area contributed by atoms with E-state index in [0.29, 0.717) is 11.6 Å². The molecule has 6 heteroatoms. The molecule has 0 N–H and O–H groups in total. The maximum Gasteiger partial charge on any atom is 0.253 e. The predicted octanol–water partition coefficient (Wildman–Crippen LogP) is 2.43. The Labute approximate surface area is 162 Å². The van der Waals surface area contributed by atoms with Crippen molar-refractivity contribution >= 4 is 5.91 Å². The molecule has 2 fully saturated rings. The van der Waals surface area contributed by atoms with Crippen LogP contribution in [-0.2, 0) is 9.47 Å². The number of hydrogen-bond donors (Lipinski definition) is 0. The second-order valence-corrected chi connectivity index (χ2v) is 7.57. The fourth-order valence-corrected chi connectivity index (χ4v) is 4.01. The van der Waals surface area contributed by atoms with Crippen molar-refractivity contribution in [2.24, 2.45) is 0 Å². The standard InChI is InChI=1S/C21H32N2O4/c1-16(2)27-18-6-4-5-17(15-18)21(24)23-9-7-19-20(8-10-23)26-14-12-22(19)11-13-25-3/h4-6,15-16,19-20H,7-14H2,1-3H3. The van der Waals surface area contributed by atoms with Gasteiger partial charge in [0.05, 0.1) is 25.4 Å². The lowest BCUT2D eigenvalue weighted by molar-refractivity contribution is -0.0761. The lowest BCUT2D eigenvalue weighted by Gasteiger charge is -2.40. The van der Waals surface area contributed by atoms with Crippen LogP contribution in [0.1, 0.15) is 37.0 Å². The van der Waals surface area contributed by atoms with E-state index in [2.05, 4.69) is 4.90 Å². The van der Waals surface area contributed by atoms with Gasteiger partial charge in [-0.25, -0.2) is 0 Å². The second-order valence-electron chi connectivity index (χ2n) is 7.57. The van der Waals surface area contributed by atoms with E-state index < -0.39 is 0 Å². The van der Waals surface area contributed by atoms with Crippen LogP contribution >= 0.6 is 0 Å².